The van der Waals surface area contributed by atoms with Gasteiger partial charge in [0, 0.05) is 6.07 Å². The van der Waals surface area contributed by atoms with Gasteiger partial charge in [0.1, 0.15) is 6.07 Å². The number of nitro groups is 1. The number of allylic oxidation sites excluding steroid dienone is 1. The predicted molar refractivity (Wildman–Crippen MR) is 121 cm³/mol. The minimum absolute atomic E-state index is 0.0424. The molecule has 3 rings (SSSR count). The molecule has 0 bridgehead atoms. The fourth-order valence-corrected chi connectivity index (χ4v) is 3.18. The van der Waals surface area contributed by atoms with Gasteiger partial charge in [0.15, 0.2) is 11.6 Å². The lowest BCUT2D eigenvalue weighted by Gasteiger charge is -2.12. The molecule has 0 aliphatic rings. The van der Waals surface area contributed by atoms with Crippen LogP contribution in [0.3, 0.4) is 0 Å². The summed E-state index contributed by atoms with van der Waals surface area (Å²) in [5, 5.41) is 21.7. The summed E-state index contributed by atoms with van der Waals surface area (Å²) < 4.78 is 11.0. The molecule has 32 heavy (non-hydrogen) atoms. The maximum absolute atomic E-state index is 12.3. The largest absolute Gasteiger partial charge is 0.493 e. The van der Waals surface area contributed by atoms with Crippen molar-refractivity contribution in [2.24, 2.45) is 0 Å². The summed E-state index contributed by atoms with van der Waals surface area (Å²) in [5.74, 6) is 0.290. The molecule has 9 nitrogen and oxygen atoms in total. The van der Waals surface area contributed by atoms with Gasteiger partial charge in [0.2, 0.25) is 5.75 Å². The molecule has 0 aliphatic carbocycles. The zero-order valence-electron chi connectivity index (χ0n) is 17.8. The number of aromatic amines is 1. The van der Waals surface area contributed by atoms with Gasteiger partial charge in [-0.3, -0.25) is 14.9 Å². The molecular formula is C23H22N4O5. The molecule has 1 heterocycles. The molecule has 0 fully saturated rings. The van der Waals surface area contributed by atoms with E-state index in [0.29, 0.717) is 23.1 Å². The van der Waals surface area contributed by atoms with E-state index in [1.165, 1.54) is 19.3 Å². The third-order valence-electron chi connectivity index (χ3n) is 4.77. The zero-order chi connectivity index (χ0) is 23.1. The number of nitrogens with one attached hydrogen (secondary N) is 1. The molecule has 0 aliphatic heterocycles. The summed E-state index contributed by atoms with van der Waals surface area (Å²) >= 11 is 0. The van der Waals surface area contributed by atoms with Crippen LogP contribution >= 0.6 is 0 Å². The zero-order valence-corrected chi connectivity index (χ0v) is 17.8. The van der Waals surface area contributed by atoms with Gasteiger partial charge in [-0.15, -0.1) is 0 Å². The van der Waals surface area contributed by atoms with Crippen LogP contribution in [0.25, 0.3) is 22.6 Å². The fourth-order valence-electron chi connectivity index (χ4n) is 3.18. The Labute approximate surface area is 184 Å². The first-order valence-electron chi connectivity index (χ1n) is 10.1. The first kappa shape index (κ1) is 22.5. The summed E-state index contributed by atoms with van der Waals surface area (Å²) in [6.07, 6.45) is 4.11. The third kappa shape index (κ3) is 4.92. The van der Waals surface area contributed by atoms with Crippen LogP contribution in [-0.2, 0) is 0 Å². The SMILES string of the molecule is CCCCCOc1c(OC)cc(/C=C(/C#N)c2nc3ccccc3c(=O)[nH]2)cc1[N+](=O)[O-]. The molecule has 3 aromatic rings. The number of H-pyrrole nitrogens is 1. The van der Waals surface area contributed by atoms with Gasteiger partial charge in [0.25, 0.3) is 5.56 Å². The minimum atomic E-state index is -0.558. The Balaban J connectivity index is 2.06. The highest BCUT2D eigenvalue weighted by atomic mass is 16.6. The standard InChI is InChI=1S/C23H22N4O5/c1-3-4-7-10-32-21-19(27(29)30)12-15(13-20(21)31-2)11-16(14-24)22-25-18-9-6-5-8-17(18)23(28)26-22/h5-6,8-9,11-13H,3-4,7,10H2,1-2H3,(H,25,26,28)/b16-11-. The Morgan fingerprint density at radius 3 is 2.78 bits per heavy atom. The van der Waals surface area contributed by atoms with Crippen LogP contribution in [0.4, 0.5) is 5.69 Å². The summed E-state index contributed by atoms with van der Waals surface area (Å²) in [7, 11) is 1.39. The van der Waals surface area contributed by atoms with Gasteiger partial charge >= 0.3 is 5.69 Å². The van der Waals surface area contributed by atoms with E-state index in [1.54, 1.807) is 30.3 Å². The summed E-state index contributed by atoms with van der Waals surface area (Å²) in [6.45, 7) is 2.38. The number of unbranched alkanes of at least 4 members (excludes halogenated alkanes) is 2. The maximum Gasteiger partial charge on any atom is 0.315 e. The van der Waals surface area contributed by atoms with E-state index < -0.39 is 4.92 Å². The molecule has 0 spiro atoms. The Hall–Kier alpha value is -4.19. The Morgan fingerprint density at radius 2 is 2.09 bits per heavy atom. The van der Waals surface area contributed by atoms with E-state index >= 15 is 0 Å². The van der Waals surface area contributed by atoms with E-state index in [-0.39, 0.29) is 34.1 Å². The van der Waals surface area contributed by atoms with Crippen LogP contribution in [-0.4, -0.2) is 28.6 Å². The van der Waals surface area contributed by atoms with E-state index in [0.717, 1.165) is 19.3 Å². The second kappa shape index (κ2) is 10.2. The smallest absolute Gasteiger partial charge is 0.315 e. The number of methoxy groups -OCH3 is 1. The monoisotopic (exact) mass is 434 g/mol. The van der Waals surface area contributed by atoms with E-state index in [1.807, 2.05) is 6.07 Å². The fraction of sp³-hybridized carbons (Fsp3) is 0.261. The molecule has 0 saturated carbocycles. The molecule has 0 saturated heterocycles. The van der Waals surface area contributed by atoms with Crippen molar-refractivity contribution in [1.82, 2.24) is 9.97 Å². The summed E-state index contributed by atoms with van der Waals surface area (Å²) in [5.41, 5.74) is 0.157. The first-order valence-corrected chi connectivity index (χ1v) is 10.1. The molecule has 0 unspecified atom stereocenters. The third-order valence-corrected chi connectivity index (χ3v) is 4.77. The van der Waals surface area contributed by atoms with Gasteiger partial charge in [0.05, 0.1) is 35.1 Å². The molecular weight excluding hydrogens is 412 g/mol. The van der Waals surface area contributed by atoms with Crippen molar-refractivity contribution >= 4 is 28.2 Å². The number of ether oxygens (including phenoxy) is 2. The van der Waals surface area contributed by atoms with E-state index in [4.69, 9.17) is 9.47 Å². The number of nitro benzene ring substituents is 1. The lowest BCUT2D eigenvalue weighted by Crippen LogP contribution is -2.11. The maximum atomic E-state index is 12.3. The lowest BCUT2D eigenvalue weighted by molar-refractivity contribution is -0.386. The van der Waals surface area contributed by atoms with E-state index in [9.17, 15) is 20.2 Å². The Bertz CT molecular complexity index is 1270. The summed E-state index contributed by atoms with van der Waals surface area (Å²) in [4.78, 5) is 30.4. The molecule has 0 atom stereocenters. The molecule has 9 heteroatoms. The van der Waals surface area contributed by atoms with Crippen molar-refractivity contribution in [3.8, 4) is 17.6 Å². The van der Waals surface area contributed by atoms with Gasteiger partial charge in [-0.1, -0.05) is 31.9 Å². The van der Waals surface area contributed by atoms with Crippen LogP contribution in [0, 0.1) is 21.4 Å². The molecule has 0 radical (unpaired) electrons. The van der Waals surface area contributed by atoms with Crippen LogP contribution in [0.15, 0.2) is 41.2 Å². The van der Waals surface area contributed by atoms with Gasteiger partial charge in [-0.05, 0) is 36.3 Å². The molecule has 1 N–H and O–H groups in total. The number of para-hydroxylation sites is 1. The predicted octanol–water partition coefficient (Wildman–Crippen LogP) is 4.47. The topological polar surface area (TPSA) is 131 Å². The van der Waals surface area contributed by atoms with Crippen molar-refractivity contribution in [1.29, 1.82) is 5.26 Å². The quantitative estimate of drug-likeness (QED) is 0.227. The average molecular weight is 434 g/mol. The normalized spacial score (nSPS) is 11.2. The molecule has 2 aromatic carbocycles. The number of hydrogen-bond donors (Lipinski definition) is 1. The van der Waals surface area contributed by atoms with Gasteiger partial charge in [-0.2, -0.15) is 5.26 Å². The van der Waals surface area contributed by atoms with Crippen LogP contribution in [0.5, 0.6) is 11.5 Å². The second-order valence-corrected chi connectivity index (χ2v) is 6.99. The van der Waals surface area contributed by atoms with Gasteiger partial charge in [-0.25, -0.2) is 4.98 Å². The minimum Gasteiger partial charge on any atom is -0.493 e. The molecule has 1 aromatic heterocycles. The second-order valence-electron chi connectivity index (χ2n) is 6.99. The number of nitrogens with zero attached hydrogens (tertiary/aromatic N) is 3. The number of aromatic nitrogens is 2. The number of nitriles is 1. The highest BCUT2D eigenvalue weighted by Crippen LogP contribution is 2.39. The van der Waals surface area contributed by atoms with Crippen molar-refractivity contribution in [3.63, 3.8) is 0 Å². The Morgan fingerprint density at radius 1 is 1.31 bits per heavy atom. The van der Waals surface area contributed by atoms with Crippen LogP contribution < -0.4 is 15.0 Å². The lowest BCUT2D eigenvalue weighted by atomic mass is 10.1. The van der Waals surface area contributed by atoms with Crippen molar-refractivity contribution in [2.75, 3.05) is 13.7 Å². The van der Waals surface area contributed by atoms with E-state index in [2.05, 4.69) is 16.9 Å². The van der Waals surface area contributed by atoms with Crippen LogP contribution in [0.2, 0.25) is 0 Å². The molecule has 0 amide bonds. The number of rotatable bonds is 9. The highest BCUT2D eigenvalue weighted by molar-refractivity contribution is 5.89. The number of hydrogen-bond acceptors (Lipinski definition) is 7. The van der Waals surface area contributed by atoms with Crippen molar-refractivity contribution in [2.45, 2.75) is 26.2 Å². The Kier molecular flexibility index (Phi) is 7.18. The van der Waals surface area contributed by atoms with Crippen LogP contribution in [0.1, 0.15) is 37.6 Å². The van der Waals surface area contributed by atoms with Crippen molar-refractivity contribution in [3.05, 3.63) is 68.3 Å². The van der Waals surface area contributed by atoms with Crippen molar-refractivity contribution < 1.29 is 14.4 Å². The summed E-state index contributed by atoms with van der Waals surface area (Å²) in [6, 6.07) is 11.6. The average Bonchev–Trinajstić information content (AvgIpc) is 2.80. The van der Waals surface area contributed by atoms with Gasteiger partial charge < -0.3 is 14.5 Å². The molecule has 164 valence electrons. The number of fused-ring (bicyclic) bond motifs is 1. The first-order chi connectivity index (χ1) is 15.5. The highest BCUT2D eigenvalue weighted by Gasteiger charge is 2.22. The number of benzene rings is 2.